The van der Waals surface area contributed by atoms with Gasteiger partial charge in [0.05, 0.1) is 11.1 Å². The van der Waals surface area contributed by atoms with Gasteiger partial charge in [-0.15, -0.1) is 0 Å². The second-order valence-corrected chi connectivity index (χ2v) is 6.02. The molecule has 2 aliphatic rings. The third-order valence-electron chi connectivity index (χ3n) is 4.65. The number of amides is 2. The zero-order chi connectivity index (χ0) is 14.3. The number of carbonyl (C=O) groups is 2. The average molecular weight is 273 g/mol. The summed E-state index contributed by atoms with van der Waals surface area (Å²) in [5.41, 5.74) is 0.798. The molecule has 1 saturated heterocycles. The highest BCUT2D eigenvalue weighted by Gasteiger charge is 2.51. The standard InChI is InChI=1S/C16H19NO3/c1-11-9-12(5-6-13(11)18)17-14(19)10-16(15(17)20)7-3-2-4-8-16/h5-6,9,18H,2-4,7-8,10H2,1H3. The highest BCUT2D eigenvalue weighted by Crippen LogP contribution is 2.46. The molecule has 1 N–H and O–H groups in total. The Balaban J connectivity index is 1.95. The molecule has 4 nitrogen and oxygen atoms in total. The zero-order valence-corrected chi connectivity index (χ0v) is 11.7. The van der Waals surface area contributed by atoms with Gasteiger partial charge in [-0.25, -0.2) is 0 Å². The minimum atomic E-state index is -0.457. The van der Waals surface area contributed by atoms with Gasteiger partial charge in [-0.2, -0.15) is 0 Å². The first kappa shape index (κ1) is 13.2. The average Bonchev–Trinajstić information content (AvgIpc) is 2.66. The number of rotatable bonds is 1. The van der Waals surface area contributed by atoms with Gasteiger partial charge in [0.2, 0.25) is 11.8 Å². The molecule has 106 valence electrons. The first-order chi connectivity index (χ1) is 9.53. The lowest BCUT2D eigenvalue weighted by atomic mass is 9.73. The summed E-state index contributed by atoms with van der Waals surface area (Å²) in [7, 11) is 0. The van der Waals surface area contributed by atoms with Crippen LogP contribution in [0.3, 0.4) is 0 Å². The molecule has 1 aliphatic heterocycles. The maximum atomic E-state index is 12.7. The number of anilines is 1. The fourth-order valence-electron chi connectivity index (χ4n) is 3.45. The van der Waals surface area contributed by atoms with Crippen molar-refractivity contribution in [2.45, 2.75) is 45.4 Å². The first-order valence-corrected chi connectivity index (χ1v) is 7.20. The number of aromatic hydroxyl groups is 1. The van der Waals surface area contributed by atoms with Crippen molar-refractivity contribution < 1.29 is 14.7 Å². The molecule has 20 heavy (non-hydrogen) atoms. The quantitative estimate of drug-likeness (QED) is 0.800. The predicted molar refractivity (Wildman–Crippen MR) is 75.5 cm³/mol. The Morgan fingerprint density at radius 2 is 1.85 bits per heavy atom. The van der Waals surface area contributed by atoms with E-state index in [0.717, 1.165) is 32.1 Å². The van der Waals surface area contributed by atoms with Crippen LogP contribution < -0.4 is 4.90 Å². The summed E-state index contributed by atoms with van der Waals surface area (Å²) in [4.78, 5) is 26.3. The van der Waals surface area contributed by atoms with Crippen LogP contribution in [-0.4, -0.2) is 16.9 Å². The van der Waals surface area contributed by atoms with E-state index >= 15 is 0 Å². The zero-order valence-electron chi connectivity index (χ0n) is 11.7. The van der Waals surface area contributed by atoms with Crippen molar-refractivity contribution in [3.8, 4) is 5.75 Å². The summed E-state index contributed by atoms with van der Waals surface area (Å²) in [5, 5.41) is 9.57. The lowest BCUT2D eigenvalue weighted by Gasteiger charge is -2.30. The first-order valence-electron chi connectivity index (χ1n) is 7.20. The molecule has 1 heterocycles. The van der Waals surface area contributed by atoms with E-state index in [1.54, 1.807) is 19.1 Å². The molecule has 1 saturated carbocycles. The Bertz CT molecular complexity index is 573. The second kappa shape index (κ2) is 4.62. The van der Waals surface area contributed by atoms with Gasteiger partial charge >= 0.3 is 0 Å². The fourth-order valence-corrected chi connectivity index (χ4v) is 3.45. The highest BCUT2D eigenvalue weighted by atomic mass is 16.3. The number of hydrogen-bond acceptors (Lipinski definition) is 3. The molecule has 0 atom stereocenters. The van der Waals surface area contributed by atoms with Gasteiger partial charge < -0.3 is 5.11 Å². The summed E-state index contributed by atoms with van der Waals surface area (Å²) >= 11 is 0. The topological polar surface area (TPSA) is 57.6 Å². The molecule has 0 aromatic heterocycles. The van der Waals surface area contributed by atoms with Crippen molar-refractivity contribution in [1.82, 2.24) is 0 Å². The van der Waals surface area contributed by atoms with Crippen molar-refractivity contribution in [1.29, 1.82) is 0 Å². The van der Waals surface area contributed by atoms with Crippen molar-refractivity contribution in [3.63, 3.8) is 0 Å². The molecular formula is C16H19NO3. The van der Waals surface area contributed by atoms with Crippen LogP contribution in [0, 0.1) is 12.3 Å². The number of aryl methyl sites for hydroxylation is 1. The van der Waals surface area contributed by atoms with Crippen LogP contribution in [-0.2, 0) is 9.59 Å². The fraction of sp³-hybridized carbons (Fsp3) is 0.500. The number of benzene rings is 1. The van der Waals surface area contributed by atoms with Crippen LogP contribution in [0.15, 0.2) is 18.2 Å². The molecule has 2 amide bonds. The number of phenolic OH excluding ortho intramolecular Hbond substituents is 1. The van der Waals surface area contributed by atoms with E-state index in [0.29, 0.717) is 17.7 Å². The van der Waals surface area contributed by atoms with Gasteiger partial charge in [0.25, 0.3) is 0 Å². The Labute approximate surface area is 118 Å². The van der Waals surface area contributed by atoms with Crippen molar-refractivity contribution in [3.05, 3.63) is 23.8 Å². The molecule has 2 fully saturated rings. The van der Waals surface area contributed by atoms with Crippen LogP contribution in [0.4, 0.5) is 5.69 Å². The Kier molecular flexibility index (Phi) is 3.04. The van der Waals surface area contributed by atoms with Gasteiger partial charge in [-0.1, -0.05) is 19.3 Å². The van der Waals surface area contributed by atoms with E-state index in [9.17, 15) is 14.7 Å². The van der Waals surface area contributed by atoms with Crippen LogP contribution in [0.2, 0.25) is 0 Å². The number of hydrogen-bond donors (Lipinski definition) is 1. The molecule has 3 rings (SSSR count). The number of phenols is 1. The number of carbonyl (C=O) groups excluding carboxylic acids is 2. The number of imide groups is 1. The molecule has 1 aromatic carbocycles. The van der Waals surface area contributed by atoms with Gasteiger partial charge in [-0.05, 0) is 43.5 Å². The van der Waals surface area contributed by atoms with Crippen LogP contribution in [0.25, 0.3) is 0 Å². The van der Waals surface area contributed by atoms with Crippen LogP contribution in [0.5, 0.6) is 5.75 Å². The third-order valence-corrected chi connectivity index (χ3v) is 4.65. The van der Waals surface area contributed by atoms with E-state index < -0.39 is 5.41 Å². The largest absolute Gasteiger partial charge is 0.508 e. The lowest BCUT2D eigenvalue weighted by Crippen LogP contribution is -2.36. The summed E-state index contributed by atoms with van der Waals surface area (Å²) in [6.07, 6.45) is 5.20. The smallest absolute Gasteiger partial charge is 0.240 e. The van der Waals surface area contributed by atoms with Crippen molar-refractivity contribution in [2.75, 3.05) is 4.90 Å². The summed E-state index contributed by atoms with van der Waals surface area (Å²) in [5.74, 6) is 0.0227. The van der Waals surface area contributed by atoms with Crippen LogP contribution >= 0.6 is 0 Å². The molecule has 0 bridgehead atoms. The van der Waals surface area contributed by atoms with Gasteiger partial charge in [0, 0.05) is 6.42 Å². The molecule has 1 aromatic rings. The highest BCUT2D eigenvalue weighted by molar-refractivity contribution is 6.22. The summed E-state index contributed by atoms with van der Waals surface area (Å²) in [6.45, 7) is 1.76. The van der Waals surface area contributed by atoms with E-state index in [1.807, 2.05) is 0 Å². The molecule has 1 spiro atoms. The maximum Gasteiger partial charge on any atom is 0.240 e. The van der Waals surface area contributed by atoms with E-state index in [1.165, 1.54) is 11.0 Å². The number of nitrogens with zero attached hydrogens (tertiary/aromatic N) is 1. The lowest BCUT2D eigenvalue weighted by molar-refractivity contribution is -0.127. The second-order valence-electron chi connectivity index (χ2n) is 6.02. The third kappa shape index (κ3) is 1.90. The molecule has 0 radical (unpaired) electrons. The Hall–Kier alpha value is -1.84. The Morgan fingerprint density at radius 1 is 1.15 bits per heavy atom. The van der Waals surface area contributed by atoms with Crippen LogP contribution in [0.1, 0.15) is 44.1 Å². The minimum absolute atomic E-state index is 0.0488. The summed E-state index contributed by atoms with van der Waals surface area (Å²) < 4.78 is 0. The normalized spacial score (nSPS) is 21.8. The summed E-state index contributed by atoms with van der Waals surface area (Å²) in [6, 6.07) is 4.88. The van der Waals surface area contributed by atoms with Gasteiger partial charge in [-0.3, -0.25) is 14.5 Å². The van der Waals surface area contributed by atoms with Crippen molar-refractivity contribution in [2.24, 2.45) is 5.41 Å². The SMILES string of the molecule is Cc1cc(N2C(=O)CC3(CCCCC3)C2=O)ccc1O. The molecular weight excluding hydrogens is 254 g/mol. The molecule has 1 aliphatic carbocycles. The van der Waals surface area contributed by atoms with E-state index in [4.69, 9.17) is 0 Å². The Morgan fingerprint density at radius 3 is 2.50 bits per heavy atom. The predicted octanol–water partition coefficient (Wildman–Crippen LogP) is 2.91. The molecule has 4 heteroatoms. The van der Waals surface area contributed by atoms with Gasteiger partial charge in [0.1, 0.15) is 5.75 Å². The van der Waals surface area contributed by atoms with E-state index in [2.05, 4.69) is 0 Å². The van der Waals surface area contributed by atoms with Crippen molar-refractivity contribution >= 4 is 17.5 Å². The maximum absolute atomic E-state index is 12.7. The molecule has 0 unspecified atom stereocenters. The monoisotopic (exact) mass is 273 g/mol. The minimum Gasteiger partial charge on any atom is -0.508 e. The van der Waals surface area contributed by atoms with E-state index in [-0.39, 0.29) is 17.6 Å². The van der Waals surface area contributed by atoms with Gasteiger partial charge in [0.15, 0.2) is 0 Å².